The van der Waals surface area contributed by atoms with Gasteiger partial charge in [-0.2, -0.15) is 12.6 Å². The van der Waals surface area contributed by atoms with E-state index in [1.807, 2.05) is 30.3 Å². The molecule has 0 bridgehead atoms. The maximum Gasteiger partial charge on any atom is 0.309 e. The Morgan fingerprint density at radius 2 is 2.07 bits per heavy atom. The molecule has 0 aliphatic rings. The Kier molecular flexibility index (Phi) is 4.53. The maximum absolute atomic E-state index is 11.3. The monoisotopic (exact) mass is 210 g/mol. The fraction of sp³-hybridized carbons (Fsp3) is 0.364. The molecular weight excluding hydrogens is 196 g/mol. The van der Waals surface area contributed by atoms with E-state index in [4.69, 9.17) is 4.74 Å². The summed E-state index contributed by atoms with van der Waals surface area (Å²) in [6.45, 7) is 2.15. The third-order valence-electron chi connectivity index (χ3n) is 1.90. The maximum atomic E-state index is 11.3. The van der Waals surface area contributed by atoms with Gasteiger partial charge in [-0.15, -0.1) is 0 Å². The molecular formula is C11H14O2S. The molecule has 76 valence electrons. The molecule has 0 saturated heterocycles. The Labute approximate surface area is 89.7 Å². The molecule has 0 aliphatic heterocycles. The van der Waals surface area contributed by atoms with Gasteiger partial charge in [-0.1, -0.05) is 37.3 Å². The molecule has 1 rings (SSSR count). The first-order valence-electron chi connectivity index (χ1n) is 4.55. The van der Waals surface area contributed by atoms with Crippen LogP contribution in [0, 0.1) is 5.92 Å². The van der Waals surface area contributed by atoms with Crippen LogP contribution < -0.4 is 0 Å². The van der Waals surface area contributed by atoms with Gasteiger partial charge in [-0.25, -0.2) is 0 Å². The van der Waals surface area contributed by atoms with E-state index in [0.29, 0.717) is 12.4 Å². The number of esters is 1. The molecule has 0 spiro atoms. The van der Waals surface area contributed by atoms with Gasteiger partial charge in [-0.05, 0) is 5.56 Å². The highest BCUT2D eigenvalue weighted by atomic mass is 32.1. The molecule has 0 amide bonds. The lowest BCUT2D eigenvalue weighted by Crippen LogP contribution is -2.15. The van der Waals surface area contributed by atoms with Crippen molar-refractivity contribution in [1.29, 1.82) is 0 Å². The topological polar surface area (TPSA) is 26.3 Å². The number of rotatable bonds is 4. The summed E-state index contributed by atoms with van der Waals surface area (Å²) < 4.78 is 5.09. The largest absolute Gasteiger partial charge is 0.461 e. The van der Waals surface area contributed by atoms with E-state index < -0.39 is 0 Å². The van der Waals surface area contributed by atoms with Crippen LogP contribution in [0.15, 0.2) is 30.3 Å². The number of carbonyl (C=O) groups is 1. The van der Waals surface area contributed by atoms with Crippen molar-refractivity contribution in [2.75, 3.05) is 5.75 Å². The van der Waals surface area contributed by atoms with E-state index in [-0.39, 0.29) is 11.9 Å². The minimum absolute atomic E-state index is 0.137. The van der Waals surface area contributed by atoms with Crippen molar-refractivity contribution in [2.45, 2.75) is 13.5 Å². The zero-order valence-corrected chi connectivity index (χ0v) is 9.04. The van der Waals surface area contributed by atoms with E-state index in [1.54, 1.807) is 6.92 Å². The van der Waals surface area contributed by atoms with Crippen LogP contribution in [-0.2, 0) is 16.1 Å². The second-order valence-corrected chi connectivity index (χ2v) is 3.54. The van der Waals surface area contributed by atoms with Crippen molar-refractivity contribution in [3.05, 3.63) is 35.9 Å². The summed E-state index contributed by atoms with van der Waals surface area (Å²) in [5, 5.41) is 0. The summed E-state index contributed by atoms with van der Waals surface area (Å²) in [5.41, 5.74) is 1.01. The van der Waals surface area contributed by atoms with Crippen LogP contribution in [-0.4, -0.2) is 11.7 Å². The molecule has 0 aromatic heterocycles. The van der Waals surface area contributed by atoms with E-state index in [9.17, 15) is 4.79 Å². The summed E-state index contributed by atoms with van der Waals surface area (Å²) in [5.74, 6) is 0.194. The van der Waals surface area contributed by atoms with Gasteiger partial charge < -0.3 is 4.74 Å². The molecule has 2 nitrogen and oxygen atoms in total. The average molecular weight is 210 g/mol. The SMILES string of the molecule is C[C@@H](CS)C(=O)OCc1ccccc1. The molecule has 0 saturated carbocycles. The Balaban J connectivity index is 2.38. The highest BCUT2D eigenvalue weighted by Gasteiger charge is 2.11. The lowest BCUT2D eigenvalue weighted by Gasteiger charge is -2.08. The fourth-order valence-corrected chi connectivity index (χ4v) is 1.09. The van der Waals surface area contributed by atoms with Crippen molar-refractivity contribution >= 4 is 18.6 Å². The predicted molar refractivity (Wildman–Crippen MR) is 59.3 cm³/mol. The molecule has 3 heteroatoms. The molecule has 1 aromatic carbocycles. The predicted octanol–water partition coefficient (Wildman–Crippen LogP) is 2.30. The van der Waals surface area contributed by atoms with Crippen LogP contribution in [0.5, 0.6) is 0 Å². The second kappa shape index (κ2) is 5.70. The van der Waals surface area contributed by atoms with Gasteiger partial charge in [0.1, 0.15) is 6.61 Å². The fourth-order valence-electron chi connectivity index (χ4n) is 0.945. The standard InChI is InChI=1S/C11H14O2S/c1-9(8-14)11(12)13-7-10-5-3-2-4-6-10/h2-6,9,14H,7-8H2,1H3/t9-/m0/s1. The number of thiol groups is 1. The van der Waals surface area contributed by atoms with Gasteiger partial charge in [0.05, 0.1) is 5.92 Å². The molecule has 1 atom stereocenters. The van der Waals surface area contributed by atoms with Gasteiger partial charge in [-0.3, -0.25) is 4.79 Å². The first-order valence-corrected chi connectivity index (χ1v) is 5.18. The van der Waals surface area contributed by atoms with Gasteiger partial charge in [0.25, 0.3) is 0 Å². The van der Waals surface area contributed by atoms with E-state index >= 15 is 0 Å². The Hall–Kier alpha value is -0.960. The molecule has 0 unspecified atom stereocenters. The number of hydrogen-bond donors (Lipinski definition) is 1. The van der Waals surface area contributed by atoms with Gasteiger partial charge in [0, 0.05) is 5.75 Å². The quantitative estimate of drug-likeness (QED) is 0.609. The van der Waals surface area contributed by atoms with Gasteiger partial charge in [0.2, 0.25) is 0 Å². The van der Waals surface area contributed by atoms with Crippen molar-refractivity contribution in [1.82, 2.24) is 0 Å². The van der Waals surface area contributed by atoms with Crippen molar-refractivity contribution in [2.24, 2.45) is 5.92 Å². The van der Waals surface area contributed by atoms with E-state index in [1.165, 1.54) is 0 Å². The highest BCUT2D eigenvalue weighted by Crippen LogP contribution is 2.05. The Bertz CT molecular complexity index is 285. The van der Waals surface area contributed by atoms with Crippen molar-refractivity contribution in [3.8, 4) is 0 Å². The third kappa shape index (κ3) is 3.42. The molecule has 1 aromatic rings. The minimum Gasteiger partial charge on any atom is -0.461 e. The van der Waals surface area contributed by atoms with E-state index in [2.05, 4.69) is 12.6 Å². The molecule has 0 heterocycles. The molecule has 0 radical (unpaired) electrons. The third-order valence-corrected chi connectivity index (χ3v) is 2.45. The van der Waals surface area contributed by atoms with Crippen LogP contribution in [0.4, 0.5) is 0 Å². The molecule has 0 N–H and O–H groups in total. The van der Waals surface area contributed by atoms with Gasteiger partial charge in [0.15, 0.2) is 0 Å². The highest BCUT2D eigenvalue weighted by molar-refractivity contribution is 7.80. The number of benzene rings is 1. The van der Waals surface area contributed by atoms with Crippen molar-refractivity contribution in [3.63, 3.8) is 0 Å². The molecule has 14 heavy (non-hydrogen) atoms. The van der Waals surface area contributed by atoms with Crippen LogP contribution in [0.1, 0.15) is 12.5 Å². The zero-order chi connectivity index (χ0) is 10.4. The zero-order valence-electron chi connectivity index (χ0n) is 8.14. The number of hydrogen-bond acceptors (Lipinski definition) is 3. The Morgan fingerprint density at radius 1 is 1.43 bits per heavy atom. The first-order chi connectivity index (χ1) is 6.74. The number of carbonyl (C=O) groups excluding carboxylic acids is 1. The summed E-state index contributed by atoms with van der Waals surface area (Å²) in [6, 6.07) is 9.63. The minimum atomic E-state index is -0.191. The Morgan fingerprint density at radius 3 is 2.64 bits per heavy atom. The smallest absolute Gasteiger partial charge is 0.309 e. The second-order valence-electron chi connectivity index (χ2n) is 3.18. The average Bonchev–Trinajstić information content (AvgIpc) is 2.26. The number of ether oxygens (including phenoxy) is 1. The summed E-state index contributed by atoms with van der Waals surface area (Å²) in [6.07, 6.45) is 0. The lowest BCUT2D eigenvalue weighted by atomic mass is 10.2. The van der Waals surface area contributed by atoms with E-state index in [0.717, 1.165) is 5.56 Å². The van der Waals surface area contributed by atoms with Crippen LogP contribution >= 0.6 is 12.6 Å². The van der Waals surface area contributed by atoms with Crippen LogP contribution in [0.2, 0.25) is 0 Å². The normalized spacial score (nSPS) is 12.1. The van der Waals surface area contributed by atoms with Crippen LogP contribution in [0.25, 0.3) is 0 Å². The van der Waals surface area contributed by atoms with Crippen molar-refractivity contribution < 1.29 is 9.53 Å². The molecule has 0 fully saturated rings. The summed E-state index contributed by atoms with van der Waals surface area (Å²) >= 11 is 4.03. The molecule has 0 aliphatic carbocycles. The summed E-state index contributed by atoms with van der Waals surface area (Å²) in [4.78, 5) is 11.3. The summed E-state index contributed by atoms with van der Waals surface area (Å²) in [7, 11) is 0. The van der Waals surface area contributed by atoms with Gasteiger partial charge >= 0.3 is 5.97 Å². The first kappa shape index (κ1) is 11.1. The lowest BCUT2D eigenvalue weighted by molar-refractivity contribution is -0.148. The van der Waals surface area contributed by atoms with Crippen LogP contribution in [0.3, 0.4) is 0 Å².